The molecule has 0 fully saturated rings. The van der Waals surface area contributed by atoms with E-state index in [4.69, 9.17) is 23.2 Å². The third-order valence-electron chi connectivity index (χ3n) is 4.00. The Labute approximate surface area is 174 Å². The third-order valence-corrected chi connectivity index (χ3v) is 5.73. The highest BCUT2D eigenvalue weighted by molar-refractivity contribution is 7.22. The van der Waals surface area contributed by atoms with Gasteiger partial charge in [-0.2, -0.15) is 0 Å². The number of nitrogens with one attached hydrogen (secondary N) is 1. The lowest BCUT2D eigenvalue weighted by Crippen LogP contribution is -2.03. The van der Waals surface area contributed by atoms with Crippen LogP contribution in [0.15, 0.2) is 42.9 Å². The van der Waals surface area contributed by atoms with Crippen molar-refractivity contribution < 1.29 is 4.79 Å². The molecule has 28 heavy (non-hydrogen) atoms. The number of benzene rings is 1. The molecule has 0 bridgehead atoms. The molecule has 0 saturated heterocycles. The predicted molar refractivity (Wildman–Crippen MR) is 113 cm³/mol. The van der Waals surface area contributed by atoms with Crippen molar-refractivity contribution in [2.24, 2.45) is 0 Å². The topological polar surface area (TPSA) is 80.7 Å². The Kier molecular flexibility index (Phi) is 5.21. The number of ketones is 1. The van der Waals surface area contributed by atoms with Crippen LogP contribution in [0.25, 0.3) is 20.8 Å². The maximum Gasteiger partial charge on any atom is 0.181 e. The summed E-state index contributed by atoms with van der Waals surface area (Å²) in [6, 6.07) is 8.77. The minimum Gasteiger partial charge on any atom is -0.324 e. The highest BCUT2D eigenvalue weighted by Crippen LogP contribution is 2.40. The maximum atomic E-state index is 11.9. The van der Waals surface area contributed by atoms with Crippen molar-refractivity contribution >= 4 is 62.2 Å². The van der Waals surface area contributed by atoms with Crippen LogP contribution < -0.4 is 5.32 Å². The monoisotopic (exact) mass is 429 g/mol. The van der Waals surface area contributed by atoms with Gasteiger partial charge in [0.2, 0.25) is 0 Å². The first kappa shape index (κ1) is 18.7. The van der Waals surface area contributed by atoms with Gasteiger partial charge < -0.3 is 5.32 Å². The molecule has 0 atom stereocenters. The summed E-state index contributed by atoms with van der Waals surface area (Å²) >= 11 is 14.1. The van der Waals surface area contributed by atoms with Crippen LogP contribution >= 0.6 is 34.5 Å². The zero-order valence-corrected chi connectivity index (χ0v) is 16.9. The molecule has 1 aromatic carbocycles. The number of halogens is 2. The van der Waals surface area contributed by atoms with E-state index in [-0.39, 0.29) is 5.78 Å². The van der Waals surface area contributed by atoms with E-state index in [2.05, 4.69) is 25.3 Å². The molecule has 1 N–H and O–H groups in total. The number of carbonyl (C=O) groups is 1. The van der Waals surface area contributed by atoms with Crippen molar-refractivity contribution in [3.63, 3.8) is 0 Å². The summed E-state index contributed by atoms with van der Waals surface area (Å²) in [6.07, 6.45) is 3.38. The van der Waals surface area contributed by atoms with Crippen molar-refractivity contribution in [1.29, 1.82) is 0 Å². The Morgan fingerprint density at radius 1 is 1.14 bits per heavy atom. The largest absolute Gasteiger partial charge is 0.324 e. The lowest BCUT2D eigenvalue weighted by molar-refractivity contribution is 0.0983. The van der Waals surface area contributed by atoms with Gasteiger partial charge in [-0.15, -0.1) is 11.3 Å². The minimum absolute atomic E-state index is 0.0509. The van der Waals surface area contributed by atoms with Gasteiger partial charge in [0.05, 0.1) is 20.3 Å². The average Bonchev–Trinajstić information content (AvgIpc) is 3.12. The molecule has 0 aliphatic rings. The van der Waals surface area contributed by atoms with E-state index >= 15 is 0 Å². The van der Waals surface area contributed by atoms with E-state index in [1.165, 1.54) is 17.7 Å². The summed E-state index contributed by atoms with van der Waals surface area (Å²) in [6.45, 7) is 1.79. The lowest BCUT2D eigenvalue weighted by Gasteiger charge is -2.06. The van der Waals surface area contributed by atoms with Crippen molar-refractivity contribution in [3.05, 3.63) is 58.6 Å². The van der Waals surface area contributed by atoms with Gasteiger partial charge in [-0.25, -0.2) is 19.9 Å². The average molecular weight is 430 g/mol. The van der Waals surface area contributed by atoms with Gasteiger partial charge in [0.1, 0.15) is 22.8 Å². The maximum absolute atomic E-state index is 11.9. The summed E-state index contributed by atoms with van der Waals surface area (Å²) in [7, 11) is 0. The van der Waals surface area contributed by atoms with Gasteiger partial charge in [0.15, 0.2) is 11.6 Å². The number of hydrogen-bond donors (Lipinski definition) is 1. The van der Waals surface area contributed by atoms with Crippen molar-refractivity contribution in [1.82, 2.24) is 19.9 Å². The van der Waals surface area contributed by atoms with E-state index in [1.54, 1.807) is 37.4 Å². The van der Waals surface area contributed by atoms with Gasteiger partial charge in [0, 0.05) is 24.2 Å². The molecular formula is C19H13Cl2N5OS. The number of Topliss-reactive ketones (excluding diaryl/α,β-unsaturated/α-hetero) is 1. The highest BCUT2D eigenvalue weighted by atomic mass is 35.5. The molecule has 0 radical (unpaired) electrons. The van der Waals surface area contributed by atoms with E-state index in [9.17, 15) is 4.79 Å². The van der Waals surface area contributed by atoms with Crippen LogP contribution in [0.1, 0.15) is 23.8 Å². The summed E-state index contributed by atoms with van der Waals surface area (Å²) in [5.41, 5.74) is 1.81. The van der Waals surface area contributed by atoms with Crippen LogP contribution in [0.5, 0.6) is 0 Å². The Bertz CT molecular complexity index is 1170. The van der Waals surface area contributed by atoms with Gasteiger partial charge in [0.25, 0.3) is 0 Å². The van der Waals surface area contributed by atoms with Crippen LogP contribution in [-0.2, 0) is 0 Å². The molecule has 0 aliphatic carbocycles. The predicted octanol–water partition coefficient (Wildman–Crippen LogP) is 5.79. The molecule has 9 heteroatoms. The SMILES string of the molecule is CCC(=O)c1cc(Nc2nccc3nc(-c4c(Cl)cccc4Cl)sc23)ncn1. The number of hydrogen-bond acceptors (Lipinski definition) is 7. The van der Waals surface area contributed by atoms with Crippen LogP contribution in [0.3, 0.4) is 0 Å². The van der Waals surface area contributed by atoms with Gasteiger partial charge in [-0.3, -0.25) is 4.79 Å². The van der Waals surface area contributed by atoms with Crippen molar-refractivity contribution in [2.75, 3.05) is 5.32 Å². The Hall–Kier alpha value is -2.61. The molecule has 140 valence electrons. The van der Waals surface area contributed by atoms with Crippen molar-refractivity contribution in [2.45, 2.75) is 13.3 Å². The van der Waals surface area contributed by atoms with E-state index in [0.717, 1.165) is 10.2 Å². The zero-order chi connectivity index (χ0) is 19.7. The molecule has 4 rings (SSSR count). The fourth-order valence-electron chi connectivity index (χ4n) is 2.63. The number of carbonyl (C=O) groups excluding carboxylic acids is 1. The fourth-order valence-corrected chi connectivity index (χ4v) is 4.40. The molecule has 6 nitrogen and oxygen atoms in total. The molecule has 3 aromatic heterocycles. The second-order valence-electron chi connectivity index (χ2n) is 5.81. The van der Waals surface area contributed by atoms with Gasteiger partial charge in [-0.1, -0.05) is 36.2 Å². The molecule has 3 heterocycles. The fraction of sp³-hybridized carbons (Fsp3) is 0.105. The summed E-state index contributed by atoms with van der Waals surface area (Å²) < 4.78 is 0.829. The van der Waals surface area contributed by atoms with Gasteiger partial charge >= 0.3 is 0 Å². The van der Waals surface area contributed by atoms with Crippen LogP contribution in [0.2, 0.25) is 10.0 Å². The number of thiazole rings is 1. The second kappa shape index (κ2) is 7.79. The number of nitrogens with zero attached hydrogens (tertiary/aromatic N) is 4. The molecular weight excluding hydrogens is 417 g/mol. The lowest BCUT2D eigenvalue weighted by atomic mass is 10.2. The van der Waals surface area contributed by atoms with E-state index in [0.29, 0.717) is 44.4 Å². The number of rotatable bonds is 5. The smallest absolute Gasteiger partial charge is 0.181 e. The first-order valence-electron chi connectivity index (χ1n) is 8.39. The Morgan fingerprint density at radius 3 is 2.68 bits per heavy atom. The Balaban J connectivity index is 1.75. The molecule has 0 spiro atoms. The summed E-state index contributed by atoms with van der Waals surface area (Å²) in [5.74, 6) is 1.01. The standard InChI is InChI=1S/C19H13Cl2N5OS/c1-2-14(27)13-8-15(24-9-23-13)26-18-17-12(6-7-22-18)25-19(28-17)16-10(20)4-3-5-11(16)21/h3-9H,2H2,1H3,(H,22,23,24,26). The van der Waals surface area contributed by atoms with E-state index in [1.807, 2.05) is 6.07 Å². The molecule has 0 saturated carbocycles. The summed E-state index contributed by atoms with van der Waals surface area (Å²) in [4.78, 5) is 29.1. The number of aromatic nitrogens is 4. The van der Waals surface area contributed by atoms with Crippen LogP contribution in [-0.4, -0.2) is 25.7 Å². The molecule has 0 unspecified atom stereocenters. The van der Waals surface area contributed by atoms with Crippen molar-refractivity contribution in [3.8, 4) is 10.6 Å². The molecule has 0 aliphatic heterocycles. The first-order chi connectivity index (χ1) is 13.6. The van der Waals surface area contributed by atoms with Crippen LogP contribution in [0, 0.1) is 0 Å². The molecule has 0 amide bonds. The third kappa shape index (κ3) is 3.56. The molecule has 4 aromatic rings. The highest BCUT2D eigenvalue weighted by Gasteiger charge is 2.16. The second-order valence-corrected chi connectivity index (χ2v) is 7.63. The minimum atomic E-state index is -0.0509. The quantitative estimate of drug-likeness (QED) is 0.404. The Morgan fingerprint density at radius 2 is 1.93 bits per heavy atom. The number of anilines is 2. The normalized spacial score (nSPS) is 11.0. The number of pyridine rings is 1. The first-order valence-corrected chi connectivity index (χ1v) is 9.96. The zero-order valence-electron chi connectivity index (χ0n) is 14.6. The van der Waals surface area contributed by atoms with Gasteiger partial charge in [-0.05, 0) is 18.2 Å². The summed E-state index contributed by atoms with van der Waals surface area (Å²) in [5, 5.41) is 4.92. The number of fused-ring (bicyclic) bond motifs is 1. The van der Waals surface area contributed by atoms with E-state index < -0.39 is 0 Å². The van der Waals surface area contributed by atoms with Crippen LogP contribution in [0.4, 0.5) is 11.6 Å².